The SMILES string of the molecule is CC(C)(C#N)NC(=O)S. The van der Waals surface area contributed by atoms with Crippen molar-refractivity contribution in [3.05, 3.63) is 0 Å². The Balaban J connectivity index is 3.91. The van der Waals surface area contributed by atoms with Gasteiger partial charge in [0.25, 0.3) is 5.24 Å². The Hall–Kier alpha value is -0.690. The largest absolute Gasteiger partial charge is 0.329 e. The number of carbonyl (C=O) groups is 1. The maximum Gasteiger partial charge on any atom is 0.277 e. The second-order valence-corrected chi connectivity index (χ2v) is 2.57. The predicted molar refractivity (Wildman–Crippen MR) is 37.2 cm³/mol. The van der Waals surface area contributed by atoms with E-state index in [1.807, 2.05) is 6.07 Å². The first kappa shape index (κ1) is 8.31. The highest BCUT2D eigenvalue weighted by Gasteiger charge is 2.16. The summed E-state index contributed by atoms with van der Waals surface area (Å²) in [5.41, 5.74) is -0.807. The number of thiol groups is 1. The second kappa shape index (κ2) is 2.74. The Kier molecular flexibility index (Phi) is 2.53. The van der Waals surface area contributed by atoms with E-state index in [9.17, 15) is 4.79 Å². The van der Waals surface area contributed by atoms with Crippen LogP contribution < -0.4 is 5.32 Å². The molecule has 0 rings (SSSR count). The molecule has 0 unspecified atom stereocenters. The second-order valence-electron chi connectivity index (χ2n) is 2.17. The zero-order valence-electron chi connectivity index (χ0n) is 5.30. The molecule has 0 aromatic heterocycles. The molecule has 4 heteroatoms. The summed E-state index contributed by atoms with van der Waals surface area (Å²) in [6, 6.07) is 1.89. The monoisotopic (exact) mass is 144 g/mol. The summed E-state index contributed by atoms with van der Waals surface area (Å²) < 4.78 is 0. The summed E-state index contributed by atoms with van der Waals surface area (Å²) in [6.07, 6.45) is 0. The van der Waals surface area contributed by atoms with Crippen molar-refractivity contribution in [1.82, 2.24) is 5.32 Å². The van der Waals surface area contributed by atoms with E-state index in [4.69, 9.17) is 5.26 Å². The highest BCUT2D eigenvalue weighted by atomic mass is 32.1. The summed E-state index contributed by atoms with van der Waals surface area (Å²) in [4.78, 5) is 10.2. The molecule has 0 atom stereocenters. The Bertz CT molecular complexity index is 159. The Morgan fingerprint density at radius 1 is 1.78 bits per heavy atom. The van der Waals surface area contributed by atoms with Crippen molar-refractivity contribution in [2.75, 3.05) is 0 Å². The van der Waals surface area contributed by atoms with Crippen LogP contribution in [0.3, 0.4) is 0 Å². The van der Waals surface area contributed by atoms with Gasteiger partial charge in [-0.25, -0.2) is 0 Å². The van der Waals surface area contributed by atoms with Gasteiger partial charge < -0.3 is 5.32 Å². The number of rotatable bonds is 1. The van der Waals surface area contributed by atoms with Crippen LogP contribution in [0, 0.1) is 11.3 Å². The molecule has 3 nitrogen and oxygen atoms in total. The number of nitriles is 1. The molecule has 0 aliphatic carbocycles. The van der Waals surface area contributed by atoms with Crippen LogP contribution in [0.25, 0.3) is 0 Å². The van der Waals surface area contributed by atoms with Crippen molar-refractivity contribution in [2.24, 2.45) is 0 Å². The number of amides is 1. The molecule has 0 aromatic rings. The van der Waals surface area contributed by atoms with E-state index < -0.39 is 10.8 Å². The smallest absolute Gasteiger partial charge is 0.277 e. The molecule has 0 aliphatic heterocycles. The molecule has 0 saturated carbocycles. The molecule has 0 spiro atoms. The summed E-state index contributed by atoms with van der Waals surface area (Å²) in [7, 11) is 0. The first-order valence-electron chi connectivity index (χ1n) is 2.40. The maximum absolute atomic E-state index is 10.2. The number of hydrogen-bond donors (Lipinski definition) is 2. The van der Waals surface area contributed by atoms with Gasteiger partial charge in [-0.15, -0.1) is 0 Å². The van der Waals surface area contributed by atoms with E-state index in [0.29, 0.717) is 0 Å². The zero-order chi connectivity index (χ0) is 7.49. The fourth-order valence-corrected chi connectivity index (χ4v) is 0.575. The van der Waals surface area contributed by atoms with Gasteiger partial charge in [0.2, 0.25) is 0 Å². The van der Waals surface area contributed by atoms with Gasteiger partial charge in [-0.2, -0.15) is 5.26 Å². The number of carbonyl (C=O) groups excluding carboxylic acids is 1. The van der Waals surface area contributed by atoms with E-state index in [-0.39, 0.29) is 0 Å². The third-order valence-corrected chi connectivity index (χ3v) is 0.811. The topological polar surface area (TPSA) is 52.9 Å². The summed E-state index contributed by atoms with van der Waals surface area (Å²) in [6.45, 7) is 3.20. The average molecular weight is 144 g/mol. The minimum absolute atomic E-state index is 0.485. The van der Waals surface area contributed by atoms with Gasteiger partial charge in [0.05, 0.1) is 6.07 Å². The Morgan fingerprint density at radius 2 is 2.22 bits per heavy atom. The molecule has 0 bridgehead atoms. The molecule has 0 radical (unpaired) electrons. The Labute approximate surface area is 59.5 Å². The number of nitrogens with one attached hydrogen (secondary N) is 1. The van der Waals surface area contributed by atoms with Gasteiger partial charge in [0, 0.05) is 0 Å². The fraction of sp³-hybridized carbons (Fsp3) is 0.600. The molecular weight excluding hydrogens is 136 g/mol. The van der Waals surface area contributed by atoms with E-state index in [0.717, 1.165) is 0 Å². The molecule has 0 fully saturated rings. The van der Waals surface area contributed by atoms with Gasteiger partial charge in [0.15, 0.2) is 0 Å². The van der Waals surface area contributed by atoms with Crippen LogP contribution in [0.5, 0.6) is 0 Å². The van der Waals surface area contributed by atoms with Gasteiger partial charge in [-0.05, 0) is 13.8 Å². The van der Waals surface area contributed by atoms with Gasteiger partial charge in [-0.1, -0.05) is 12.6 Å². The molecule has 0 aromatic carbocycles. The lowest BCUT2D eigenvalue weighted by atomic mass is 10.1. The zero-order valence-corrected chi connectivity index (χ0v) is 6.20. The van der Waals surface area contributed by atoms with Crippen LogP contribution in [0.15, 0.2) is 0 Å². The molecule has 1 amide bonds. The van der Waals surface area contributed by atoms with Crippen molar-refractivity contribution in [3.63, 3.8) is 0 Å². The third-order valence-electron chi connectivity index (χ3n) is 0.699. The van der Waals surface area contributed by atoms with Gasteiger partial charge >= 0.3 is 0 Å². The van der Waals surface area contributed by atoms with E-state index in [2.05, 4.69) is 17.9 Å². The first-order chi connectivity index (χ1) is 3.98. The van der Waals surface area contributed by atoms with E-state index in [1.54, 1.807) is 13.8 Å². The summed E-state index contributed by atoms with van der Waals surface area (Å²) in [5.74, 6) is 0. The van der Waals surface area contributed by atoms with Crippen LogP contribution in [0.4, 0.5) is 4.79 Å². The van der Waals surface area contributed by atoms with Crippen molar-refractivity contribution >= 4 is 17.9 Å². The van der Waals surface area contributed by atoms with Crippen molar-refractivity contribution in [1.29, 1.82) is 5.26 Å². The fourth-order valence-electron chi connectivity index (χ4n) is 0.295. The molecular formula is C5H8N2OS. The van der Waals surface area contributed by atoms with Crippen LogP contribution in [-0.2, 0) is 0 Å². The lowest BCUT2D eigenvalue weighted by Crippen LogP contribution is -2.39. The normalized spacial score (nSPS) is 10.0. The van der Waals surface area contributed by atoms with Gasteiger partial charge in [0.1, 0.15) is 5.54 Å². The number of hydrogen-bond acceptors (Lipinski definition) is 2. The highest BCUT2D eigenvalue weighted by molar-refractivity contribution is 7.96. The molecule has 0 saturated heterocycles. The average Bonchev–Trinajstić information content (AvgIpc) is 1.63. The van der Waals surface area contributed by atoms with Gasteiger partial charge in [-0.3, -0.25) is 4.79 Å². The Morgan fingerprint density at radius 3 is 2.33 bits per heavy atom. The lowest BCUT2D eigenvalue weighted by molar-refractivity contribution is 0.256. The summed E-state index contributed by atoms with van der Waals surface area (Å²) in [5, 5.41) is 10.2. The van der Waals surface area contributed by atoms with Crippen LogP contribution in [-0.4, -0.2) is 10.8 Å². The predicted octanol–water partition coefficient (Wildman–Crippen LogP) is 0.928. The van der Waals surface area contributed by atoms with Crippen LogP contribution in [0.2, 0.25) is 0 Å². The lowest BCUT2D eigenvalue weighted by Gasteiger charge is -2.14. The molecule has 0 aliphatic rings. The minimum Gasteiger partial charge on any atom is -0.329 e. The first-order valence-corrected chi connectivity index (χ1v) is 2.85. The minimum atomic E-state index is -0.807. The number of nitrogens with zero attached hydrogens (tertiary/aromatic N) is 1. The molecule has 0 heterocycles. The van der Waals surface area contributed by atoms with E-state index in [1.165, 1.54) is 0 Å². The van der Waals surface area contributed by atoms with Crippen molar-refractivity contribution in [3.8, 4) is 6.07 Å². The van der Waals surface area contributed by atoms with E-state index >= 15 is 0 Å². The maximum atomic E-state index is 10.2. The van der Waals surface area contributed by atoms with Crippen molar-refractivity contribution < 1.29 is 4.79 Å². The third kappa shape index (κ3) is 3.86. The molecule has 9 heavy (non-hydrogen) atoms. The van der Waals surface area contributed by atoms with Crippen LogP contribution >= 0.6 is 12.6 Å². The summed E-state index contributed by atoms with van der Waals surface area (Å²) >= 11 is 3.44. The van der Waals surface area contributed by atoms with Crippen molar-refractivity contribution in [2.45, 2.75) is 19.4 Å². The standard InChI is InChI=1S/C5H8N2OS/c1-5(2,3-6)7-4(8)9/h1-2H3,(H2,7,8,9). The van der Waals surface area contributed by atoms with Crippen LogP contribution in [0.1, 0.15) is 13.8 Å². The molecule has 50 valence electrons. The highest BCUT2D eigenvalue weighted by Crippen LogP contribution is 1.98. The quantitative estimate of drug-likeness (QED) is 0.538. The molecule has 1 N–H and O–H groups in total.